The SMILES string of the molecule is CCOC(=O)C(C)(C)N(C)C(=O)C1CC(=O)N(C2CCCCCC2)C1. The molecule has 2 rings (SSSR count). The largest absolute Gasteiger partial charge is 0.464 e. The number of likely N-dealkylation sites (N-methyl/N-ethyl adjacent to an activating group) is 1. The number of ether oxygens (including phenoxy) is 1. The quantitative estimate of drug-likeness (QED) is 0.563. The number of nitrogens with zero attached hydrogens (tertiary/aromatic N) is 2. The van der Waals surface area contributed by atoms with Crippen LogP contribution in [0.1, 0.15) is 65.7 Å². The zero-order valence-corrected chi connectivity index (χ0v) is 16.0. The third-order valence-electron chi connectivity index (χ3n) is 5.72. The Hall–Kier alpha value is -1.59. The van der Waals surface area contributed by atoms with Crippen LogP contribution in [0.4, 0.5) is 0 Å². The molecule has 2 amide bonds. The smallest absolute Gasteiger partial charge is 0.331 e. The summed E-state index contributed by atoms with van der Waals surface area (Å²) < 4.78 is 5.08. The third kappa shape index (κ3) is 4.33. The second kappa shape index (κ2) is 8.19. The molecular weight excluding hydrogens is 320 g/mol. The molecule has 6 nitrogen and oxygen atoms in total. The van der Waals surface area contributed by atoms with Gasteiger partial charge in [-0.15, -0.1) is 0 Å². The Balaban J connectivity index is 2.02. The first-order valence-corrected chi connectivity index (χ1v) is 9.53. The van der Waals surface area contributed by atoms with Gasteiger partial charge in [0.2, 0.25) is 11.8 Å². The molecule has 6 heteroatoms. The van der Waals surface area contributed by atoms with Crippen molar-refractivity contribution < 1.29 is 19.1 Å². The topological polar surface area (TPSA) is 66.9 Å². The van der Waals surface area contributed by atoms with E-state index in [4.69, 9.17) is 4.74 Å². The first kappa shape index (κ1) is 19.7. The van der Waals surface area contributed by atoms with Crippen molar-refractivity contribution in [2.75, 3.05) is 20.2 Å². The molecule has 1 unspecified atom stereocenters. The van der Waals surface area contributed by atoms with Gasteiger partial charge in [0.15, 0.2) is 0 Å². The summed E-state index contributed by atoms with van der Waals surface area (Å²) in [4.78, 5) is 40.9. The van der Waals surface area contributed by atoms with Crippen molar-refractivity contribution in [3.8, 4) is 0 Å². The molecule has 142 valence electrons. The van der Waals surface area contributed by atoms with Gasteiger partial charge in [0, 0.05) is 26.1 Å². The van der Waals surface area contributed by atoms with Crippen molar-refractivity contribution in [2.45, 2.75) is 77.3 Å². The van der Waals surface area contributed by atoms with Crippen LogP contribution in [0.2, 0.25) is 0 Å². The zero-order chi connectivity index (χ0) is 18.6. The maximum Gasteiger partial charge on any atom is 0.331 e. The first-order valence-electron chi connectivity index (χ1n) is 9.53. The summed E-state index contributed by atoms with van der Waals surface area (Å²) in [7, 11) is 1.62. The number of hydrogen-bond donors (Lipinski definition) is 0. The number of carbonyl (C=O) groups is 3. The maximum atomic E-state index is 12.9. The normalized spacial score (nSPS) is 22.6. The lowest BCUT2D eigenvalue weighted by molar-refractivity contribution is -0.161. The van der Waals surface area contributed by atoms with Crippen molar-refractivity contribution in [3.05, 3.63) is 0 Å². The molecule has 1 aliphatic carbocycles. The Morgan fingerprint density at radius 3 is 2.36 bits per heavy atom. The van der Waals surface area contributed by atoms with Gasteiger partial charge in [-0.25, -0.2) is 4.79 Å². The summed E-state index contributed by atoms with van der Waals surface area (Å²) in [6.45, 7) is 5.87. The average molecular weight is 352 g/mol. The number of hydrogen-bond acceptors (Lipinski definition) is 4. The van der Waals surface area contributed by atoms with Crippen molar-refractivity contribution in [2.24, 2.45) is 5.92 Å². The Labute approximate surface area is 150 Å². The van der Waals surface area contributed by atoms with Crippen LogP contribution in [0.5, 0.6) is 0 Å². The van der Waals surface area contributed by atoms with Crippen molar-refractivity contribution in [1.82, 2.24) is 9.80 Å². The molecule has 2 fully saturated rings. The molecule has 1 atom stereocenters. The van der Waals surface area contributed by atoms with E-state index >= 15 is 0 Å². The van der Waals surface area contributed by atoms with E-state index in [1.165, 1.54) is 17.7 Å². The van der Waals surface area contributed by atoms with Crippen LogP contribution in [0.3, 0.4) is 0 Å². The van der Waals surface area contributed by atoms with Gasteiger partial charge in [0.05, 0.1) is 12.5 Å². The fraction of sp³-hybridized carbons (Fsp3) is 0.842. The standard InChI is InChI=1S/C19H32N2O4/c1-5-25-18(24)19(2,3)20(4)17(23)14-12-16(22)21(13-14)15-10-8-6-7-9-11-15/h14-15H,5-13H2,1-4H3. The van der Waals surface area contributed by atoms with Crippen molar-refractivity contribution >= 4 is 17.8 Å². The Kier molecular flexibility index (Phi) is 6.47. The fourth-order valence-corrected chi connectivity index (χ4v) is 3.81. The second-order valence-electron chi connectivity index (χ2n) is 7.77. The summed E-state index contributed by atoms with van der Waals surface area (Å²) in [6, 6.07) is 0.274. The van der Waals surface area contributed by atoms with E-state index in [2.05, 4.69) is 0 Å². The molecule has 0 aromatic carbocycles. The highest BCUT2D eigenvalue weighted by Crippen LogP contribution is 2.30. The predicted molar refractivity (Wildman–Crippen MR) is 94.8 cm³/mol. The van der Waals surface area contributed by atoms with Gasteiger partial charge in [-0.2, -0.15) is 0 Å². The van der Waals surface area contributed by atoms with Gasteiger partial charge in [-0.3, -0.25) is 9.59 Å². The molecule has 0 aromatic heterocycles. The number of amides is 2. The van der Waals surface area contributed by atoms with E-state index in [0.29, 0.717) is 6.54 Å². The average Bonchev–Trinajstić information content (AvgIpc) is 2.79. The van der Waals surface area contributed by atoms with Gasteiger partial charge in [-0.1, -0.05) is 25.7 Å². The van der Waals surface area contributed by atoms with E-state index in [0.717, 1.165) is 25.7 Å². The minimum absolute atomic E-state index is 0.0765. The highest BCUT2D eigenvalue weighted by molar-refractivity contribution is 5.92. The van der Waals surface area contributed by atoms with Crippen LogP contribution in [-0.2, 0) is 19.1 Å². The molecule has 0 aromatic rings. The third-order valence-corrected chi connectivity index (χ3v) is 5.72. The molecule has 1 saturated carbocycles. The lowest BCUT2D eigenvalue weighted by atomic mass is 9.99. The first-order chi connectivity index (χ1) is 11.8. The molecule has 0 bridgehead atoms. The number of likely N-dealkylation sites (tertiary alicyclic amines) is 1. The summed E-state index contributed by atoms with van der Waals surface area (Å²) in [5.41, 5.74) is -1.04. The lowest BCUT2D eigenvalue weighted by Gasteiger charge is -2.35. The Morgan fingerprint density at radius 1 is 1.20 bits per heavy atom. The summed E-state index contributed by atoms with van der Waals surface area (Å²) in [5, 5.41) is 0. The van der Waals surface area contributed by atoms with E-state index in [9.17, 15) is 14.4 Å². The van der Waals surface area contributed by atoms with Gasteiger partial charge in [0.25, 0.3) is 0 Å². The molecule has 0 radical (unpaired) electrons. The summed E-state index contributed by atoms with van der Waals surface area (Å²) >= 11 is 0. The van der Waals surface area contributed by atoms with E-state index < -0.39 is 11.5 Å². The second-order valence-corrected chi connectivity index (χ2v) is 7.77. The van der Waals surface area contributed by atoms with Crippen LogP contribution < -0.4 is 0 Å². The molecule has 25 heavy (non-hydrogen) atoms. The molecule has 0 spiro atoms. The van der Waals surface area contributed by atoms with Gasteiger partial charge >= 0.3 is 5.97 Å². The van der Waals surface area contributed by atoms with E-state index in [-0.39, 0.29) is 36.8 Å². The summed E-state index contributed by atoms with van der Waals surface area (Å²) in [5.74, 6) is -0.861. The molecular formula is C19H32N2O4. The Bertz CT molecular complexity index is 510. The van der Waals surface area contributed by atoms with Crippen LogP contribution in [-0.4, -0.2) is 59.4 Å². The minimum atomic E-state index is -1.04. The predicted octanol–water partition coefficient (Wildman–Crippen LogP) is 2.36. The zero-order valence-electron chi connectivity index (χ0n) is 16.0. The van der Waals surface area contributed by atoms with Crippen molar-refractivity contribution in [1.29, 1.82) is 0 Å². The van der Waals surface area contributed by atoms with Gasteiger partial charge in [0.1, 0.15) is 5.54 Å². The number of rotatable bonds is 5. The highest BCUT2D eigenvalue weighted by Gasteiger charge is 2.44. The van der Waals surface area contributed by atoms with Crippen molar-refractivity contribution in [3.63, 3.8) is 0 Å². The van der Waals surface area contributed by atoms with Crippen LogP contribution in [0.15, 0.2) is 0 Å². The van der Waals surface area contributed by atoms with Crippen LogP contribution in [0.25, 0.3) is 0 Å². The molecule has 1 aliphatic heterocycles. The molecule has 1 saturated heterocycles. The summed E-state index contributed by atoms with van der Waals surface area (Å²) in [6.07, 6.45) is 7.10. The van der Waals surface area contributed by atoms with Gasteiger partial charge in [-0.05, 0) is 33.6 Å². The maximum absolute atomic E-state index is 12.9. The Morgan fingerprint density at radius 2 is 1.80 bits per heavy atom. The lowest BCUT2D eigenvalue weighted by Crippen LogP contribution is -2.53. The van der Waals surface area contributed by atoms with Crippen LogP contribution >= 0.6 is 0 Å². The molecule has 0 N–H and O–H groups in total. The number of carbonyl (C=O) groups excluding carboxylic acids is 3. The monoisotopic (exact) mass is 352 g/mol. The molecule has 1 heterocycles. The minimum Gasteiger partial charge on any atom is -0.464 e. The highest BCUT2D eigenvalue weighted by atomic mass is 16.5. The van der Waals surface area contributed by atoms with E-state index in [1.54, 1.807) is 27.8 Å². The number of esters is 1. The molecule has 2 aliphatic rings. The fourth-order valence-electron chi connectivity index (χ4n) is 3.81. The van der Waals surface area contributed by atoms with E-state index in [1.807, 2.05) is 4.90 Å². The van der Waals surface area contributed by atoms with Gasteiger partial charge < -0.3 is 14.5 Å². The van der Waals surface area contributed by atoms with Crippen LogP contribution in [0, 0.1) is 5.92 Å².